The molecule has 0 bridgehead atoms. The van der Waals surface area contributed by atoms with Gasteiger partial charge in [-0.1, -0.05) is 6.92 Å². The molecule has 0 saturated heterocycles. The molecule has 62 valence electrons. The lowest BCUT2D eigenvalue weighted by Gasteiger charge is -2.17. The molecular weight excluding hydrogens is 130 g/mol. The van der Waals surface area contributed by atoms with Gasteiger partial charge >= 0.3 is 0 Å². The topological polar surface area (TPSA) is 32.7 Å². The predicted octanol–water partition coefficient (Wildman–Crippen LogP) is 0.293. The van der Waals surface area contributed by atoms with Crippen LogP contribution in [0.1, 0.15) is 13.8 Å². The zero-order valence-corrected chi connectivity index (χ0v) is 7.00. The Hall–Kier alpha value is -0.120. The van der Waals surface area contributed by atoms with Crippen molar-refractivity contribution in [3.63, 3.8) is 0 Å². The van der Waals surface area contributed by atoms with Crippen LogP contribution in [-0.4, -0.2) is 43.0 Å². The number of hydrogen-bond donors (Lipinski definition) is 1. The van der Waals surface area contributed by atoms with E-state index in [1.165, 1.54) is 0 Å². The number of nitrogens with zero attached hydrogens (tertiary/aromatic N) is 1. The highest BCUT2D eigenvalue weighted by atomic mass is 16.6. The maximum absolute atomic E-state index is 9.09. The summed E-state index contributed by atoms with van der Waals surface area (Å²) in [5.41, 5.74) is 0. The lowest BCUT2D eigenvalue weighted by Crippen LogP contribution is -2.30. The van der Waals surface area contributed by atoms with Crippen molar-refractivity contribution in [2.75, 3.05) is 26.7 Å². The van der Waals surface area contributed by atoms with Crippen molar-refractivity contribution in [2.45, 2.75) is 20.1 Å². The van der Waals surface area contributed by atoms with Crippen LogP contribution in [0.5, 0.6) is 0 Å². The molecule has 0 spiro atoms. The van der Waals surface area contributed by atoms with E-state index in [4.69, 9.17) is 9.84 Å². The van der Waals surface area contributed by atoms with Crippen LogP contribution >= 0.6 is 0 Å². The third-order valence-corrected chi connectivity index (χ3v) is 1.37. The molecule has 0 aliphatic heterocycles. The zero-order chi connectivity index (χ0) is 7.98. The summed E-state index contributed by atoms with van der Waals surface area (Å²) in [5, 5.41) is 9.09. The second-order valence-electron chi connectivity index (χ2n) is 2.26. The van der Waals surface area contributed by atoms with E-state index in [0.717, 1.165) is 6.54 Å². The standard InChI is InChI=1S/C7H17NO2/c1-4-8(3)6-7(9)10-5-2/h7,9H,4-6H2,1-3H3/t7-/m0/s1. The monoisotopic (exact) mass is 147 g/mol. The average molecular weight is 147 g/mol. The van der Waals surface area contributed by atoms with Gasteiger partial charge in [0, 0.05) is 13.2 Å². The number of hydrogen-bond acceptors (Lipinski definition) is 3. The lowest BCUT2D eigenvalue weighted by atomic mass is 10.5. The molecule has 0 aliphatic rings. The van der Waals surface area contributed by atoms with Crippen molar-refractivity contribution in [3.8, 4) is 0 Å². The van der Waals surface area contributed by atoms with Gasteiger partial charge < -0.3 is 14.7 Å². The van der Waals surface area contributed by atoms with Crippen molar-refractivity contribution in [2.24, 2.45) is 0 Å². The van der Waals surface area contributed by atoms with Crippen molar-refractivity contribution in [1.82, 2.24) is 4.90 Å². The Morgan fingerprint density at radius 1 is 1.50 bits per heavy atom. The molecule has 0 aromatic carbocycles. The molecule has 0 aliphatic carbocycles. The third-order valence-electron chi connectivity index (χ3n) is 1.37. The largest absolute Gasteiger partial charge is 0.367 e. The van der Waals surface area contributed by atoms with E-state index in [9.17, 15) is 0 Å². The van der Waals surface area contributed by atoms with Gasteiger partial charge in [-0.25, -0.2) is 0 Å². The molecule has 0 aromatic heterocycles. The van der Waals surface area contributed by atoms with Crippen molar-refractivity contribution in [3.05, 3.63) is 0 Å². The van der Waals surface area contributed by atoms with E-state index in [0.29, 0.717) is 13.2 Å². The summed E-state index contributed by atoms with van der Waals surface area (Å²) in [6.45, 7) is 6.00. The molecule has 3 nitrogen and oxygen atoms in total. The van der Waals surface area contributed by atoms with Crippen LogP contribution in [0.2, 0.25) is 0 Å². The first kappa shape index (κ1) is 9.88. The molecule has 0 amide bonds. The molecule has 0 radical (unpaired) electrons. The SMILES string of the molecule is CCO[C@H](O)CN(C)CC. The molecule has 0 aromatic rings. The van der Waals surface area contributed by atoms with E-state index in [-0.39, 0.29) is 0 Å². The summed E-state index contributed by atoms with van der Waals surface area (Å²) in [5.74, 6) is 0. The van der Waals surface area contributed by atoms with Crippen LogP contribution in [0.15, 0.2) is 0 Å². The molecule has 0 saturated carbocycles. The minimum Gasteiger partial charge on any atom is -0.367 e. The van der Waals surface area contributed by atoms with Crippen LogP contribution < -0.4 is 0 Å². The number of aliphatic hydroxyl groups is 1. The fourth-order valence-electron chi connectivity index (χ4n) is 0.641. The first-order valence-corrected chi connectivity index (χ1v) is 3.68. The van der Waals surface area contributed by atoms with Gasteiger partial charge in [0.25, 0.3) is 0 Å². The quantitative estimate of drug-likeness (QED) is 0.567. The highest BCUT2D eigenvalue weighted by Gasteiger charge is 2.04. The number of likely N-dealkylation sites (N-methyl/N-ethyl adjacent to an activating group) is 1. The molecular formula is C7H17NO2. The Balaban J connectivity index is 3.27. The van der Waals surface area contributed by atoms with Crippen LogP contribution in [0.4, 0.5) is 0 Å². The molecule has 3 heteroatoms. The van der Waals surface area contributed by atoms with E-state index >= 15 is 0 Å². The minimum atomic E-state index is -0.630. The molecule has 0 heterocycles. The Bertz CT molecular complexity index is 78.0. The minimum absolute atomic E-state index is 0.568. The molecule has 10 heavy (non-hydrogen) atoms. The molecule has 0 fully saturated rings. The van der Waals surface area contributed by atoms with E-state index < -0.39 is 6.29 Å². The van der Waals surface area contributed by atoms with Crippen LogP contribution in [0.25, 0.3) is 0 Å². The Labute approximate surface area is 62.6 Å². The summed E-state index contributed by atoms with van der Waals surface area (Å²) in [6.07, 6.45) is -0.630. The van der Waals surface area contributed by atoms with Crippen LogP contribution in [0.3, 0.4) is 0 Å². The van der Waals surface area contributed by atoms with Crippen molar-refractivity contribution >= 4 is 0 Å². The number of aliphatic hydroxyl groups excluding tert-OH is 1. The maximum Gasteiger partial charge on any atom is 0.167 e. The predicted molar refractivity (Wildman–Crippen MR) is 40.8 cm³/mol. The second kappa shape index (κ2) is 5.65. The van der Waals surface area contributed by atoms with Gasteiger partial charge in [-0.05, 0) is 20.5 Å². The highest BCUT2D eigenvalue weighted by molar-refractivity contribution is 4.48. The van der Waals surface area contributed by atoms with E-state index in [2.05, 4.69) is 0 Å². The smallest absolute Gasteiger partial charge is 0.167 e. The van der Waals surface area contributed by atoms with Crippen molar-refractivity contribution in [1.29, 1.82) is 0 Å². The Kier molecular flexibility index (Phi) is 5.58. The molecule has 0 unspecified atom stereocenters. The Morgan fingerprint density at radius 3 is 2.50 bits per heavy atom. The fraction of sp³-hybridized carbons (Fsp3) is 1.00. The summed E-state index contributed by atoms with van der Waals surface area (Å²) in [7, 11) is 1.95. The first-order valence-electron chi connectivity index (χ1n) is 3.68. The second-order valence-corrected chi connectivity index (χ2v) is 2.26. The summed E-state index contributed by atoms with van der Waals surface area (Å²) in [4.78, 5) is 2.00. The van der Waals surface area contributed by atoms with Gasteiger partial charge in [-0.15, -0.1) is 0 Å². The fourth-order valence-corrected chi connectivity index (χ4v) is 0.641. The summed E-state index contributed by atoms with van der Waals surface area (Å²) in [6, 6.07) is 0. The normalized spacial score (nSPS) is 14.1. The average Bonchev–Trinajstić information content (AvgIpc) is 1.88. The van der Waals surface area contributed by atoms with Crippen molar-refractivity contribution < 1.29 is 9.84 Å². The van der Waals surface area contributed by atoms with Gasteiger partial charge in [-0.2, -0.15) is 0 Å². The molecule has 1 N–H and O–H groups in total. The molecule has 0 rings (SSSR count). The van der Waals surface area contributed by atoms with Gasteiger partial charge in [-0.3, -0.25) is 0 Å². The summed E-state index contributed by atoms with van der Waals surface area (Å²) >= 11 is 0. The Morgan fingerprint density at radius 2 is 2.10 bits per heavy atom. The summed E-state index contributed by atoms with van der Waals surface area (Å²) < 4.78 is 4.93. The van der Waals surface area contributed by atoms with Crippen LogP contribution in [-0.2, 0) is 4.74 Å². The lowest BCUT2D eigenvalue weighted by molar-refractivity contribution is -0.106. The number of ether oxygens (including phenoxy) is 1. The zero-order valence-electron chi connectivity index (χ0n) is 7.00. The van der Waals surface area contributed by atoms with Gasteiger partial charge in [0.2, 0.25) is 0 Å². The first-order chi connectivity index (χ1) is 4.70. The van der Waals surface area contributed by atoms with Gasteiger partial charge in [0.1, 0.15) is 0 Å². The number of rotatable bonds is 5. The maximum atomic E-state index is 9.09. The van der Waals surface area contributed by atoms with Gasteiger partial charge in [0.05, 0.1) is 0 Å². The van der Waals surface area contributed by atoms with E-state index in [1.807, 2.05) is 25.8 Å². The van der Waals surface area contributed by atoms with Gasteiger partial charge in [0.15, 0.2) is 6.29 Å². The van der Waals surface area contributed by atoms with Crippen LogP contribution in [0, 0.1) is 0 Å². The highest BCUT2D eigenvalue weighted by Crippen LogP contribution is 1.89. The third kappa shape index (κ3) is 4.73. The van der Waals surface area contributed by atoms with E-state index in [1.54, 1.807) is 0 Å². The molecule has 1 atom stereocenters.